The molecular weight excluding hydrogens is 424 g/mol. The van der Waals surface area contributed by atoms with Gasteiger partial charge < -0.3 is 28.5 Å². The molecule has 1 aromatic heterocycles. The second-order valence-corrected chi connectivity index (χ2v) is 7.44. The van der Waals surface area contributed by atoms with Crippen LogP contribution in [0, 0.1) is 6.92 Å². The van der Waals surface area contributed by atoms with Crippen LogP contribution >= 0.6 is 0 Å². The van der Waals surface area contributed by atoms with Crippen molar-refractivity contribution < 1.29 is 33.3 Å². The summed E-state index contributed by atoms with van der Waals surface area (Å²) in [4.78, 5) is 12.2. The minimum Gasteiger partial charge on any atom is -0.493 e. The smallest absolute Gasteiger partial charge is 0.336 e. The molecule has 0 aliphatic carbocycles. The Kier molecular flexibility index (Phi) is 5.87. The van der Waals surface area contributed by atoms with Crippen molar-refractivity contribution >= 4 is 16.9 Å². The maximum atomic E-state index is 12.2. The minimum absolute atomic E-state index is 0.158. The van der Waals surface area contributed by atoms with E-state index >= 15 is 0 Å². The SMILES string of the molecule is COc1ccc(-c2oc3cc(C)cc(C(=O)O)c3c2-c2ccc(OC)c(OC)c2)cc1OC. The number of fused-ring (bicyclic) bond motifs is 1. The van der Waals surface area contributed by atoms with Crippen LogP contribution in [-0.2, 0) is 0 Å². The van der Waals surface area contributed by atoms with Crippen LogP contribution in [-0.4, -0.2) is 39.5 Å². The summed E-state index contributed by atoms with van der Waals surface area (Å²) in [6, 6.07) is 14.3. The third-order valence-corrected chi connectivity index (χ3v) is 5.48. The Morgan fingerprint density at radius 1 is 0.758 bits per heavy atom. The van der Waals surface area contributed by atoms with E-state index in [1.54, 1.807) is 58.8 Å². The molecule has 7 heteroatoms. The summed E-state index contributed by atoms with van der Waals surface area (Å²) in [6.07, 6.45) is 0. The zero-order valence-electron chi connectivity index (χ0n) is 19.0. The standard InChI is InChI=1S/C26H24O7/c1-14-10-17(26(27)28)24-22(11-14)33-25(16-7-9-19(30-3)21(13-16)32-5)23(24)15-6-8-18(29-2)20(12-15)31-4/h6-13H,1-5H3,(H,27,28). The van der Waals surface area contributed by atoms with Crippen molar-refractivity contribution in [1.82, 2.24) is 0 Å². The van der Waals surface area contributed by atoms with Gasteiger partial charge in [-0.1, -0.05) is 6.07 Å². The Hall–Kier alpha value is -4.13. The lowest BCUT2D eigenvalue weighted by molar-refractivity contribution is 0.0699. The predicted octanol–water partition coefficient (Wildman–Crippen LogP) is 5.81. The number of hydrogen-bond acceptors (Lipinski definition) is 6. The minimum atomic E-state index is -1.04. The van der Waals surface area contributed by atoms with Gasteiger partial charge in [0.15, 0.2) is 23.0 Å². The van der Waals surface area contributed by atoms with Crippen molar-refractivity contribution in [2.75, 3.05) is 28.4 Å². The van der Waals surface area contributed by atoms with Gasteiger partial charge in [-0.2, -0.15) is 0 Å². The van der Waals surface area contributed by atoms with Crippen LogP contribution in [0.4, 0.5) is 0 Å². The number of methoxy groups -OCH3 is 4. The van der Waals surface area contributed by atoms with Crippen molar-refractivity contribution in [1.29, 1.82) is 0 Å². The Morgan fingerprint density at radius 3 is 1.85 bits per heavy atom. The Labute approximate surface area is 191 Å². The van der Waals surface area contributed by atoms with Crippen LogP contribution in [0.25, 0.3) is 33.4 Å². The van der Waals surface area contributed by atoms with Crippen LogP contribution in [0.2, 0.25) is 0 Å². The maximum Gasteiger partial charge on any atom is 0.336 e. The molecule has 0 saturated carbocycles. The molecule has 4 aromatic rings. The molecule has 33 heavy (non-hydrogen) atoms. The van der Waals surface area contributed by atoms with Gasteiger partial charge in [0.2, 0.25) is 0 Å². The second kappa shape index (κ2) is 8.78. The van der Waals surface area contributed by atoms with Crippen LogP contribution in [0.3, 0.4) is 0 Å². The fourth-order valence-electron chi connectivity index (χ4n) is 3.98. The summed E-state index contributed by atoms with van der Waals surface area (Å²) in [5.74, 6) is 1.66. The molecule has 0 amide bonds. The lowest BCUT2D eigenvalue weighted by atomic mass is 9.94. The average Bonchev–Trinajstić information content (AvgIpc) is 3.21. The summed E-state index contributed by atoms with van der Waals surface area (Å²) in [5.41, 5.74) is 3.49. The number of carboxylic acids is 1. The zero-order chi connectivity index (χ0) is 23.7. The Balaban J connectivity index is 2.10. The molecular formula is C26H24O7. The molecule has 0 unspecified atom stereocenters. The number of ether oxygens (including phenoxy) is 4. The molecule has 7 nitrogen and oxygen atoms in total. The van der Waals surface area contributed by atoms with Crippen LogP contribution in [0.15, 0.2) is 52.9 Å². The molecule has 170 valence electrons. The number of furan rings is 1. The van der Waals surface area contributed by atoms with E-state index in [0.717, 1.165) is 11.1 Å². The van der Waals surface area contributed by atoms with Crippen molar-refractivity contribution in [2.45, 2.75) is 6.92 Å². The lowest BCUT2D eigenvalue weighted by Crippen LogP contribution is -1.98. The topological polar surface area (TPSA) is 87.4 Å². The molecule has 0 radical (unpaired) electrons. The van der Waals surface area contributed by atoms with Crippen molar-refractivity contribution in [3.05, 3.63) is 59.7 Å². The molecule has 3 aromatic carbocycles. The fourth-order valence-corrected chi connectivity index (χ4v) is 3.98. The van der Waals surface area contributed by atoms with E-state index in [4.69, 9.17) is 23.4 Å². The van der Waals surface area contributed by atoms with Crippen LogP contribution in [0.1, 0.15) is 15.9 Å². The predicted molar refractivity (Wildman–Crippen MR) is 125 cm³/mol. The van der Waals surface area contributed by atoms with Crippen molar-refractivity contribution in [2.24, 2.45) is 0 Å². The number of aromatic carboxylic acids is 1. The highest BCUT2D eigenvalue weighted by Crippen LogP contribution is 2.46. The number of benzene rings is 3. The van der Waals surface area contributed by atoms with Gasteiger partial charge in [-0.05, 0) is 60.5 Å². The molecule has 0 spiro atoms. The summed E-state index contributed by atoms with van der Waals surface area (Å²) in [5, 5.41) is 10.5. The van der Waals surface area contributed by atoms with E-state index in [-0.39, 0.29) is 5.56 Å². The quantitative estimate of drug-likeness (QED) is 0.382. The number of aryl methyl sites for hydroxylation is 1. The first kappa shape index (κ1) is 22.1. The first-order valence-corrected chi connectivity index (χ1v) is 10.2. The monoisotopic (exact) mass is 448 g/mol. The number of hydrogen-bond donors (Lipinski definition) is 1. The Morgan fingerprint density at radius 2 is 1.30 bits per heavy atom. The molecule has 4 rings (SSSR count). The maximum absolute atomic E-state index is 12.2. The third-order valence-electron chi connectivity index (χ3n) is 5.48. The van der Waals surface area contributed by atoms with Gasteiger partial charge in [0, 0.05) is 16.5 Å². The van der Waals surface area contributed by atoms with Gasteiger partial charge in [0.25, 0.3) is 0 Å². The summed E-state index contributed by atoms with van der Waals surface area (Å²) in [7, 11) is 6.23. The van der Waals surface area contributed by atoms with Gasteiger partial charge in [0.05, 0.1) is 34.0 Å². The molecule has 0 bridgehead atoms. The molecule has 0 atom stereocenters. The normalized spacial score (nSPS) is 10.8. The van der Waals surface area contributed by atoms with Gasteiger partial charge in [0.1, 0.15) is 11.3 Å². The molecule has 1 heterocycles. The van der Waals surface area contributed by atoms with Gasteiger partial charge in [-0.25, -0.2) is 4.79 Å². The third kappa shape index (κ3) is 3.82. The summed E-state index contributed by atoms with van der Waals surface area (Å²) < 4.78 is 28.0. The van der Waals surface area contributed by atoms with E-state index in [1.165, 1.54) is 0 Å². The Bertz CT molecular complexity index is 1350. The molecule has 0 aliphatic heterocycles. The highest BCUT2D eigenvalue weighted by atomic mass is 16.5. The summed E-state index contributed by atoms with van der Waals surface area (Å²) >= 11 is 0. The summed E-state index contributed by atoms with van der Waals surface area (Å²) in [6.45, 7) is 1.83. The van der Waals surface area contributed by atoms with E-state index in [1.807, 2.05) is 25.1 Å². The molecule has 0 aliphatic rings. The molecule has 0 fully saturated rings. The van der Waals surface area contributed by atoms with Gasteiger partial charge in [-0.3, -0.25) is 0 Å². The number of carbonyl (C=O) groups is 1. The van der Waals surface area contributed by atoms with E-state index in [2.05, 4.69) is 0 Å². The number of carboxylic acid groups (broad SMARTS) is 1. The highest BCUT2D eigenvalue weighted by molar-refractivity contribution is 6.12. The number of rotatable bonds is 7. The van der Waals surface area contributed by atoms with Gasteiger partial charge in [-0.15, -0.1) is 0 Å². The molecule has 0 saturated heterocycles. The van der Waals surface area contributed by atoms with Crippen LogP contribution < -0.4 is 18.9 Å². The molecule has 1 N–H and O–H groups in total. The first-order valence-electron chi connectivity index (χ1n) is 10.2. The van der Waals surface area contributed by atoms with Gasteiger partial charge >= 0.3 is 5.97 Å². The van der Waals surface area contributed by atoms with E-state index in [0.29, 0.717) is 50.9 Å². The van der Waals surface area contributed by atoms with Crippen molar-refractivity contribution in [3.8, 4) is 45.4 Å². The fraction of sp³-hybridized carbons (Fsp3) is 0.192. The second-order valence-electron chi connectivity index (χ2n) is 7.44. The van der Waals surface area contributed by atoms with Crippen LogP contribution in [0.5, 0.6) is 23.0 Å². The van der Waals surface area contributed by atoms with E-state index < -0.39 is 5.97 Å². The largest absolute Gasteiger partial charge is 0.493 e. The first-order chi connectivity index (χ1) is 15.9. The van der Waals surface area contributed by atoms with Crippen molar-refractivity contribution in [3.63, 3.8) is 0 Å². The highest BCUT2D eigenvalue weighted by Gasteiger charge is 2.25. The zero-order valence-corrected chi connectivity index (χ0v) is 19.0. The lowest BCUT2D eigenvalue weighted by Gasteiger charge is -2.12. The van der Waals surface area contributed by atoms with E-state index in [9.17, 15) is 9.90 Å². The average molecular weight is 448 g/mol.